The molecule has 0 radical (unpaired) electrons. The first-order valence-electron chi connectivity index (χ1n) is 9.38. The highest BCUT2D eigenvalue weighted by molar-refractivity contribution is 6.03. The number of amides is 1. The van der Waals surface area contributed by atoms with Crippen molar-refractivity contribution in [2.45, 2.75) is 13.1 Å². The van der Waals surface area contributed by atoms with E-state index in [9.17, 15) is 22.4 Å². The molecule has 1 N–H and O–H groups in total. The summed E-state index contributed by atoms with van der Waals surface area (Å²) in [5, 5.41) is 2.36. The average molecular weight is 445 g/mol. The molecule has 32 heavy (non-hydrogen) atoms. The molecule has 4 rings (SSSR count). The third kappa shape index (κ3) is 4.09. The van der Waals surface area contributed by atoms with Crippen LogP contribution in [0.25, 0.3) is 16.9 Å². The Morgan fingerprint density at radius 3 is 2.56 bits per heavy atom. The standard InChI is InChI=1S/C21H15F4N5O2/c1-2-32-12-7-8-16-15(9-12)28-20(21(23,24)25)30(16)18-11-26-17(10-27-18)29-19(31)13-5-3-4-6-14(13)22/h3-11H,2H2,1H3,(H,26,29,31). The summed E-state index contributed by atoms with van der Waals surface area (Å²) in [6, 6.07) is 9.72. The maximum absolute atomic E-state index is 13.8. The zero-order chi connectivity index (χ0) is 22.9. The Bertz CT molecular complexity index is 1290. The predicted octanol–water partition coefficient (Wildman–Crippen LogP) is 4.62. The van der Waals surface area contributed by atoms with Crippen molar-refractivity contribution in [2.24, 2.45) is 0 Å². The zero-order valence-electron chi connectivity index (χ0n) is 16.5. The maximum atomic E-state index is 13.8. The number of carbonyl (C=O) groups is 1. The normalized spacial score (nSPS) is 11.5. The smallest absolute Gasteiger partial charge is 0.450 e. The van der Waals surface area contributed by atoms with Gasteiger partial charge in [-0.05, 0) is 31.2 Å². The monoisotopic (exact) mass is 445 g/mol. The van der Waals surface area contributed by atoms with Crippen LogP contribution in [0.15, 0.2) is 54.9 Å². The van der Waals surface area contributed by atoms with Crippen LogP contribution in [-0.2, 0) is 6.18 Å². The SMILES string of the molecule is CCOc1ccc2c(c1)nc(C(F)(F)F)n2-c1cnc(NC(=O)c2ccccc2F)cn1. The lowest BCUT2D eigenvalue weighted by molar-refractivity contribution is -0.145. The number of nitrogens with one attached hydrogen (secondary N) is 1. The van der Waals surface area contributed by atoms with Gasteiger partial charge in [0.2, 0.25) is 5.82 Å². The molecule has 2 aromatic carbocycles. The Kier molecular flexibility index (Phi) is 5.47. The van der Waals surface area contributed by atoms with Gasteiger partial charge < -0.3 is 10.1 Å². The van der Waals surface area contributed by atoms with Gasteiger partial charge in [-0.1, -0.05) is 12.1 Å². The first-order valence-corrected chi connectivity index (χ1v) is 9.38. The molecule has 0 fully saturated rings. The van der Waals surface area contributed by atoms with E-state index in [0.717, 1.165) is 23.0 Å². The van der Waals surface area contributed by atoms with Gasteiger partial charge in [-0.15, -0.1) is 0 Å². The van der Waals surface area contributed by atoms with Crippen LogP contribution < -0.4 is 10.1 Å². The largest absolute Gasteiger partial charge is 0.494 e. The molecule has 0 saturated carbocycles. The summed E-state index contributed by atoms with van der Waals surface area (Å²) >= 11 is 0. The van der Waals surface area contributed by atoms with Gasteiger partial charge in [0.15, 0.2) is 11.6 Å². The number of nitrogens with zero attached hydrogens (tertiary/aromatic N) is 4. The van der Waals surface area contributed by atoms with Crippen LogP contribution in [0.5, 0.6) is 5.75 Å². The lowest BCUT2D eigenvalue weighted by Crippen LogP contribution is -2.16. The number of carbonyl (C=O) groups excluding carboxylic acids is 1. The van der Waals surface area contributed by atoms with E-state index in [-0.39, 0.29) is 28.2 Å². The molecular weight excluding hydrogens is 430 g/mol. The molecule has 11 heteroatoms. The molecule has 2 heterocycles. The number of fused-ring (bicyclic) bond motifs is 1. The van der Waals surface area contributed by atoms with Crippen molar-refractivity contribution in [3.63, 3.8) is 0 Å². The highest BCUT2D eigenvalue weighted by atomic mass is 19.4. The molecule has 7 nitrogen and oxygen atoms in total. The number of imidazole rings is 1. The van der Waals surface area contributed by atoms with Crippen molar-refractivity contribution < 1.29 is 27.1 Å². The summed E-state index contributed by atoms with van der Waals surface area (Å²) in [4.78, 5) is 23.8. The second-order valence-corrected chi connectivity index (χ2v) is 6.55. The molecule has 0 bridgehead atoms. The van der Waals surface area contributed by atoms with E-state index in [0.29, 0.717) is 12.4 Å². The molecule has 0 saturated heterocycles. The Morgan fingerprint density at radius 1 is 1.12 bits per heavy atom. The Labute approximate surface area is 178 Å². The van der Waals surface area contributed by atoms with Gasteiger partial charge in [0, 0.05) is 6.07 Å². The van der Waals surface area contributed by atoms with E-state index in [4.69, 9.17) is 4.74 Å². The van der Waals surface area contributed by atoms with Gasteiger partial charge in [-0.2, -0.15) is 13.2 Å². The first kappa shape index (κ1) is 21.2. The number of rotatable bonds is 5. The maximum Gasteiger partial charge on any atom is 0.450 e. The van der Waals surface area contributed by atoms with Crippen molar-refractivity contribution >= 4 is 22.8 Å². The van der Waals surface area contributed by atoms with Gasteiger partial charge in [0.05, 0.1) is 35.6 Å². The predicted molar refractivity (Wildman–Crippen MR) is 107 cm³/mol. The molecule has 1 amide bonds. The Morgan fingerprint density at radius 2 is 1.91 bits per heavy atom. The molecule has 0 aliphatic heterocycles. The van der Waals surface area contributed by atoms with E-state index in [1.165, 1.54) is 36.4 Å². The van der Waals surface area contributed by atoms with Crippen molar-refractivity contribution in [1.82, 2.24) is 19.5 Å². The number of ether oxygens (including phenoxy) is 1. The average Bonchev–Trinajstić information content (AvgIpc) is 3.14. The molecule has 164 valence electrons. The minimum absolute atomic E-state index is 0.0568. The van der Waals surface area contributed by atoms with Crippen LogP contribution >= 0.6 is 0 Å². The molecule has 4 aromatic rings. The molecule has 0 unspecified atom stereocenters. The van der Waals surface area contributed by atoms with E-state index in [1.807, 2.05) is 0 Å². The molecule has 0 aliphatic rings. The lowest BCUT2D eigenvalue weighted by Gasteiger charge is -2.11. The van der Waals surface area contributed by atoms with Crippen molar-refractivity contribution in [3.8, 4) is 11.6 Å². The summed E-state index contributed by atoms with van der Waals surface area (Å²) in [5.74, 6) is -2.50. The highest BCUT2D eigenvalue weighted by Crippen LogP contribution is 2.34. The quantitative estimate of drug-likeness (QED) is 0.453. The van der Waals surface area contributed by atoms with Crippen LogP contribution in [0.2, 0.25) is 0 Å². The zero-order valence-corrected chi connectivity index (χ0v) is 16.5. The second kappa shape index (κ2) is 8.25. The fraction of sp³-hybridized carbons (Fsp3) is 0.143. The lowest BCUT2D eigenvalue weighted by atomic mass is 10.2. The third-order valence-electron chi connectivity index (χ3n) is 4.42. The molecule has 0 aliphatic carbocycles. The molecule has 0 atom stereocenters. The topological polar surface area (TPSA) is 81.9 Å². The third-order valence-corrected chi connectivity index (χ3v) is 4.42. The number of hydrogen-bond acceptors (Lipinski definition) is 5. The van der Waals surface area contributed by atoms with Gasteiger partial charge >= 0.3 is 6.18 Å². The Hall–Kier alpha value is -4.02. The van der Waals surface area contributed by atoms with Gasteiger partial charge in [0.25, 0.3) is 5.91 Å². The summed E-state index contributed by atoms with van der Waals surface area (Å²) in [5.41, 5.74) is 0.0173. The number of alkyl halides is 3. The van der Waals surface area contributed by atoms with Crippen LogP contribution in [0, 0.1) is 5.82 Å². The molecule has 0 spiro atoms. The minimum Gasteiger partial charge on any atom is -0.494 e. The fourth-order valence-electron chi connectivity index (χ4n) is 3.07. The minimum atomic E-state index is -4.76. The van der Waals surface area contributed by atoms with Crippen LogP contribution in [0.1, 0.15) is 23.1 Å². The summed E-state index contributed by atoms with van der Waals surface area (Å²) in [6.45, 7) is 2.11. The van der Waals surface area contributed by atoms with E-state index >= 15 is 0 Å². The van der Waals surface area contributed by atoms with E-state index in [1.54, 1.807) is 6.92 Å². The van der Waals surface area contributed by atoms with Crippen LogP contribution in [0.3, 0.4) is 0 Å². The number of aromatic nitrogens is 4. The van der Waals surface area contributed by atoms with Gasteiger partial charge in [-0.25, -0.2) is 19.3 Å². The van der Waals surface area contributed by atoms with Crippen LogP contribution in [0.4, 0.5) is 23.4 Å². The van der Waals surface area contributed by atoms with E-state index in [2.05, 4.69) is 20.3 Å². The molecular formula is C21H15F4N5O2. The van der Waals surface area contributed by atoms with Crippen molar-refractivity contribution in [3.05, 3.63) is 72.1 Å². The number of hydrogen-bond donors (Lipinski definition) is 1. The molecule has 2 aromatic heterocycles. The number of anilines is 1. The van der Waals surface area contributed by atoms with Gasteiger partial charge in [0.1, 0.15) is 11.6 Å². The number of benzene rings is 2. The van der Waals surface area contributed by atoms with Crippen molar-refractivity contribution in [2.75, 3.05) is 11.9 Å². The summed E-state index contributed by atoms with van der Waals surface area (Å²) in [7, 11) is 0. The van der Waals surface area contributed by atoms with Crippen LogP contribution in [-0.4, -0.2) is 32.0 Å². The highest BCUT2D eigenvalue weighted by Gasteiger charge is 2.38. The van der Waals surface area contributed by atoms with Gasteiger partial charge in [-0.3, -0.25) is 9.36 Å². The second-order valence-electron chi connectivity index (χ2n) is 6.55. The Balaban J connectivity index is 1.69. The first-order chi connectivity index (χ1) is 15.3. The summed E-state index contributed by atoms with van der Waals surface area (Å²) in [6.07, 6.45) is -2.62. The number of halogens is 4. The van der Waals surface area contributed by atoms with Crippen molar-refractivity contribution in [1.29, 1.82) is 0 Å². The van der Waals surface area contributed by atoms with E-state index < -0.39 is 23.7 Å². The summed E-state index contributed by atoms with van der Waals surface area (Å²) < 4.78 is 60.8. The fourth-order valence-corrected chi connectivity index (χ4v) is 3.07.